The Kier molecular flexibility index (Phi) is 5.20. The molecular formula is C15H19N5O. The molecule has 0 bridgehead atoms. The Morgan fingerprint density at radius 2 is 2.14 bits per heavy atom. The molecule has 1 N–H and O–H groups in total. The molecule has 0 spiro atoms. The van der Waals surface area contributed by atoms with E-state index < -0.39 is 0 Å². The lowest BCUT2D eigenvalue weighted by molar-refractivity contribution is 0.0779. The van der Waals surface area contributed by atoms with Crippen LogP contribution in [-0.4, -0.2) is 39.4 Å². The Bertz CT molecular complexity index is 570. The van der Waals surface area contributed by atoms with Gasteiger partial charge in [0.1, 0.15) is 11.5 Å². The Morgan fingerprint density at radius 3 is 2.76 bits per heavy atom. The second-order valence-electron chi connectivity index (χ2n) is 4.74. The van der Waals surface area contributed by atoms with Crippen LogP contribution in [0.3, 0.4) is 0 Å². The third-order valence-corrected chi connectivity index (χ3v) is 2.92. The van der Waals surface area contributed by atoms with Gasteiger partial charge in [-0.3, -0.25) is 9.78 Å². The molecule has 0 aliphatic carbocycles. The number of carbonyl (C=O) groups excluding carboxylic acids is 1. The summed E-state index contributed by atoms with van der Waals surface area (Å²) in [5, 5.41) is 3.12. The van der Waals surface area contributed by atoms with Gasteiger partial charge in [0.15, 0.2) is 0 Å². The first-order chi connectivity index (χ1) is 10.2. The van der Waals surface area contributed by atoms with Crippen LogP contribution in [0, 0.1) is 0 Å². The number of nitrogens with one attached hydrogen (secondary N) is 1. The van der Waals surface area contributed by atoms with Gasteiger partial charge >= 0.3 is 0 Å². The maximum absolute atomic E-state index is 12.3. The largest absolute Gasteiger partial charge is 0.369 e. The first-order valence-corrected chi connectivity index (χ1v) is 6.91. The van der Waals surface area contributed by atoms with Crippen molar-refractivity contribution in [1.29, 1.82) is 0 Å². The SMILES string of the molecule is CCCNc1cnc(C(=O)N(C)Cc2cccnc2)cn1. The summed E-state index contributed by atoms with van der Waals surface area (Å²) < 4.78 is 0. The van der Waals surface area contributed by atoms with Crippen LogP contribution >= 0.6 is 0 Å². The van der Waals surface area contributed by atoms with Gasteiger partial charge in [-0.1, -0.05) is 13.0 Å². The number of pyridine rings is 1. The van der Waals surface area contributed by atoms with Crippen molar-refractivity contribution in [1.82, 2.24) is 19.9 Å². The topological polar surface area (TPSA) is 71.0 Å². The molecule has 6 heteroatoms. The average molecular weight is 285 g/mol. The van der Waals surface area contributed by atoms with Gasteiger partial charge in [0.05, 0.1) is 12.4 Å². The number of carbonyl (C=O) groups is 1. The molecule has 1 amide bonds. The highest BCUT2D eigenvalue weighted by molar-refractivity contribution is 5.91. The first-order valence-electron chi connectivity index (χ1n) is 6.91. The van der Waals surface area contributed by atoms with Crippen molar-refractivity contribution < 1.29 is 4.79 Å². The molecule has 0 saturated carbocycles. The molecule has 21 heavy (non-hydrogen) atoms. The molecule has 2 heterocycles. The zero-order valence-corrected chi connectivity index (χ0v) is 12.3. The molecule has 0 fully saturated rings. The van der Waals surface area contributed by atoms with Crippen molar-refractivity contribution in [3.8, 4) is 0 Å². The van der Waals surface area contributed by atoms with Gasteiger partial charge in [-0.25, -0.2) is 9.97 Å². The fourth-order valence-corrected chi connectivity index (χ4v) is 1.82. The number of aromatic nitrogens is 3. The molecule has 2 rings (SSSR count). The standard InChI is InChI=1S/C15H19N5O/c1-3-6-17-14-10-18-13(9-19-14)15(21)20(2)11-12-5-4-7-16-8-12/h4-5,7-10H,3,6,11H2,1-2H3,(H,17,19). The molecule has 0 aliphatic heterocycles. The number of amides is 1. The average Bonchev–Trinajstić information content (AvgIpc) is 2.53. The van der Waals surface area contributed by atoms with Crippen LogP contribution in [0.25, 0.3) is 0 Å². The third kappa shape index (κ3) is 4.24. The van der Waals surface area contributed by atoms with Crippen LogP contribution in [0.2, 0.25) is 0 Å². The summed E-state index contributed by atoms with van der Waals surface area (Å²) in [6.45, 7) is 3.40. The molecule has 0 aromatic carbocycles. The van der Waals surface area contributed by atoms with Crippen LogP contribution < -0.4 is 5.32 Å². The van der Waals surface area contributed by atoms with Crippen LogP contribution in [0.4, 0.5) is 5.82 Å². The summed E-state index contributed by atoms with van der Waals surface area (Å²) in [4.78, 5) is 26.2. The van der Waals surface area contributed by atoms with Gasteiger partial charge in [0, 0.05) is 32.5 Å². The van der Waals surface area contributed by atoms with Gasteiger partial charge in [0.25, 0.3) is 5.91 Å². The Balaban J connectivity index is 1.98. The van der Waals surface area contributed by atoms with E-state index in [-0.39, 0.29) is 5.91 Å². The van der Waals surface area contributed by atoms with Crippen LogP contribution in [0.15, 0.2) is 36.9 Å². The molecule has 0 radical (unpaired) electrons. The number of nitrogens with zero attached hydrogens (tertiary/aromatic N) is 4. The minimum absolute atomic E-state index is 0.159. The zero-order chi connectivity index (χ0) is 15.1. The van der Waals surface area contributed by atoms with E-state index >= 15 is 0 Å². The van der Waals surface area contributed by atoms with Gasteiger partial charge in [-0.05, 0) is 18.1 Å². The molecule has 2 aromatic rings. The predicted octanol–water partition coefficient (Wildman–Crippen LogP) is 1.97. The summed E-state index contributed by atoms with van der Waals surface area (Å²) >= 11 is 0. The Morgan fingerprint density at radius 1 is 1.29 bits per heavy atom. The summed E-state index contributed by atoms with van der Waals surface area (Å²) in [5.74, 6) is 0.525. The Labute approximate surface area is 124 Å². The predicted molar refractivity (Wildman–Crippen MR) is 80.8 cm³/mol. The lowest BCUT2D eigenvalue weighted by Crippen LogP contribution is -2.27. The van der Waals surface area contributed by atoms with Gasteiger partial charge in [0.2, 0.25) is 0 Å². The lowest BCUT2D eigenvalue weighted by atomic mass is 10.2. The normalized spacial score (nSPS) is 10.2. The van der Waals surface area contributed by atoms with Crippen LogP contribution in [-0.2, 0) is 6.54 Å². The van der Waals surface area contributed by atoms with E-state index in [1.807, 2.05) is 12.1 Å². The maximum Gasteiger partial charge on any atom is 0.274 e. The van der Waals surface area contributed by atoms with E-state index in [4.69, 9.17) is 0 Å². The number of rotatable bonds is 6. The van der Waals surface area contributed by atoms with E-state index in [1.54, 1.807) is 30.5 Å². The molecule has 2 aromatic heterocycles. The van der Waals surface area contributed by atoms with E-state index in [2.05, 4.69) is 27.2 Å². The van der Waals surface area contributed by atoms with Gasteiger partial charge in [-0.15, -0.1) is 0 Å². The molecule has 0 saturated heterocycles. The fourth-order valence-electron chi connectivity index (χ4n) is 1.82. The van der Waals surface area contributed by atoms with E-state index in [0.29, 0.717) is 18.1 Å². The van der Waals surface area contributed by atoms with Crippen molar-refractivity contribution in [2.24, 2.45) is 0 Å². The van der Waals surface area contributed by atoms with Crippen molar-refractivity contribution in [3.63, 3.8) is 0 Å². The van der Waals surface area contributed by atoms with Crippen LogP contribution in [0.5, 0.6) is 0 Å². The van der Waals surface area contributed by atoms with E-state index in [9.17, 15) is 4.79 Å². The van der Waals surface area contributed by atoms with Crippen LogP contribution in [0.1, 0.15) is 29.4 Å². The van der Waals surface area contributed by atoms with Crippen molar-refractivity contribution >= 4 is 11.7 Å². The van der Waals surface area contributed by atoms with Gasteiger partial charge < -0.3 is 10.2 Å². The summed E-state index contributed by atoms with van der Waals surface area (Å²) in [5.41, 5.74) is 1.31. The van der Waals surface area contributed by atoms with Crippen molar-refractivity contribution in [3.05, 3.63) is 48.2 Å². The number of anilines is 1. The molecular weight excluding hydrogens is 266 g/mol. The van der Waals surface area contributed by atoms with Crippen molar-refractivity contribution in [2.75, 3.05) is 18.9 Å². The van der Waals surface area contributed by atoms with E-state index in [0.717, 1.165) is 18.5 Å². The highest BCUT2D eigenvalue weighted by Gasteiger charge is 2.14. The summed E-state index contributed by atoms with van der Waals surface area (Å²) in [7, 11) is 1.74. The molecule has 0 unspecified atom stereocenters. The molecule has 0 atom stereocenters. The van der Waals surface area contributed by atoms with E-state index in [1.165, 1.54) is 6.20 Å². The monoisotopic (exact) mass is 285 g/mol. The summed E-state index contributed by atoms with van der Waals surface area (Å²) in [6.07, 6.45) is 7.54. The fraction of sp³-hybridized carbons (Fsp3) is 0.333. The summed E-state index contributed by atoms with van der Waals surface area (Å²) in [6, 6.07) is 3.78. The minimum atomic E-state index is -0.159. The zero-order valence-electron chi connectivity index (χ0n) is 12.3. The first kappa shape index (κ1) is 14.9. The lowest BCUT2D eigenvalue weighted by Gasteiger charge is -2.16. The second-order valence-corrected chi connectivity index (χ2v) is 4.74. The van der Waals surface area contributed by atoms with Gasteiger partial charge in [-0.2, -0.15) is 0 Å². The molecule has 6 nitrogen and oxygen atoms in total. The highest BCUT2D eigenvalue weighted by atomic mass is 16.2. The Hall–Kier alpha value is -2.50. The minimum Gasteiger partial charge on any atom is -0.369 e. The molecule has 0 aliphatic rings. The van der Waals surface area contributed by atoms with Crippen molar-refractivity contribution in [2.45, 2.75) is 19.9 Å². The highest BCUT2D eigenvalue weighted by Crippen LogP contribution is 2.07. The number of hydrogen-bond donors (Lipinski definition) is 1. The molecule has 110 valence electrons. The second kappa shape index (κ2) is 7.33. The number of hydrogen-bond acceptors (Lipinski definition) is 5. The smallest absolute Gasteiger partial charge is 0.274 e. The maximum atomic E-state index is 12.3. The third-order valence-electron chi connectivity index (χ3n) is 2.92. The quantitative estimate of drug-likeness (QED) is 0.878.